The molecule has 4 heteroatoms. The second-order valence-corrected chi connectivity index (χ2v) is 6.47. The van der Waals surface area contributed by atoms with Gasteiger partial charge in [0, 0.05) is 20.4 Å². The van der Waals surface area contributed by atoms with Crippen LogP contribution in [0, 0.1) is 10.5 Å². The largest absolute Gasteiger partial charge is 0.306 e. The molecule has 2 nitrogen and oxygen atoms in total. The molecule has 0 fully saturated rings. The zero-order valence-corrected chi connectivity index (χ0v) is 14.7. The maximum Gasteiger partial charge on any atom is 0.0605 e. The van der Waals surface area contributed by atoms with Crippen LogP contribution >= 0.6 is 38.5 Å². The van der Waals surface area contributed by atoms with Crippen LogP contribution in [-0.4, -0.2) is 11.5 Å². The van der Waals surface area contributed by atoms with Gasteiger partial charge in [-0.05, 0) is 77.0 Å². The van der Waals surface area contributed by atoms with Gasteiger partial charge >= 0.3 is 0 Å². The van der Waals surface area contributed by atoms with E-state index < -0.39 is 0 Å². The Hall–Kier alpha value is -0.460. The molecule has 0 aliphatic rings. The van der Waals surface area contributed by atoms with Gasteiger partial charge in [-0.15, -0.1) is 0 Å². The molecule has 0 bridgehead atoms. The number of aromatic nitrogens is 1. The molecule has 1 unspecified atom stereocenters. The fourth-order valence-corrected chi connectivity index (χ4v) is 3.13. The van der Waals surface area contributed by atoms with E-state index in [1.54, 1.807) is 0 Å². The van der Waals surface area contributed by atoms with E-state index in [2.05, 4.69) is 86.9 Å². The minimum absolute atomic E-state index is 0.183. The standard InChI is InChI=1S/C15H16BrIN2/c1-3-19-15(13-9-18-7-6-10(13)2)12-8-11(16)4-5-14(12)17/h4-9,15,19H,3H2,1-2H3. The van der Waals surface area contributed by atoms with Crippen molar-refractivity contribution >= 4 is 38.5 Å². The lowest BCUT2D eigenvalue weighted by atomic mass is 9.97. The third-order valence-electron chi connectivity index (χ3n) is 3.07. The lowest BCUT2D eigenvalue weighted by molar-refractivity contribution is 0.623. The van der Waals surface area contributed by atoms with Crippen molar-refractivity contribution in [2.75, 3.05) is 6.54 Å². The first-order chi connectivity index (χ1) is 9.13. The average molecular weight is 431 g/mol. The molecule has 1 N–H and O–H groups in total. The summed E-state index contributed by atoms with van der Waals surface area (Å²) in [6.45, 7) is 5.18. The van der Waals surface area contributed by atoms with Crippen molar-refractivity contribution in [1.29, 1.82) is 0 Å². The normalized spacial score (nSPS) is 12.4. The summed E-state index contributed by atoms with van der Waals surface area (Å²) in [5.41, 5.74) is 3.78. The second-order valence-electron chi connectivity index (χ2n) is 4.39. The molecule has 0 spiro atoms. The van der Waals surface area contributed by atoms with Crippen LogP contribution in [0.4, 0.5) is 0 Å². The van der Waals surface area contributed by atoms with Gasteiger partial charge in [0.1, 0.15) is 0 Å². The zero-order valence-electron chi connectivity index (χ0n) is 11.0. The molecule has 0 saturated heterocycles. The molecule has 0 radical (unpaired) electrons. The number of aryl methyl sites for hydroxylation is 1. The Morgan fingerprint density at radius 3 is 2.79 bits per heavy atom. The van der Waals surface area contributed by atoms with Crippen LogP contribution in [-0.2, 0) is 0 Å². The summed E-state index contributed by atoms with van der Waals surface area (Å²) in [6, 6.07) is 8.63. The van der Waals surface area contributed by atoms with Crippen LogP contribution in [0.25, 0.3) is 0 Å². The minimum atomic E-state index is 0.183. The van der Waals surface area contributed by atoms with Crippen molar-refractivity contribution in [1.82, 2.24) is 10.3 Å². The van der Waals surface area contributed by atoms with E-state index in [-0.39, 0.29) is 6.04 Å². The molecule has 0 aliphatic carbocycles. The average Bonchev–Trinajstić information content (AvgIpc) is 2.40. The number of hydrogen-bond donors (Lipinski definition) is 1. The van der Waals surface area contributed by atoms with Gasteiger partial charge in [0.05, 0.1) is 6.04 Å². The van der Waals surface area contributed by atoms with Crippen molar-refractivity contribution in [3.05, 3.63) is 61.4 Å². The highest BCUT2D eigenvalue weighted by Crippen LogP contribution is 2.30. The lowest BCUT2D eigenvalue weighted by Crippen LogP contribution is -2.23. The maximum absolute atomic E-state index is 4.27. The molecular weight excluding hydrogens is 415 g/mol. The van der Waals surface area contributed by atoms with E-state index in [9.17, 15) is 0 Å². The van der Waals surface area contributed by atoms with E-state index in [4.69, 9.17) is 0 Å². The van der Waals surface area contributed by atoms with Crippen LogP contribution in [0.15, 0.2) is 41.1 Å². The maximum atomic E-state index is 4.27. The summed E-state index contributed by atoms with van der Waals surface area (Å²) < 4.78 is 2.36. The SMILES string of the molecule is CCNC(c1cnccc1C)c1cc(Br)ccc1I. The number of benzene rings is 1. The predicted molar refractivity (Wildman–Crippen MR) is 91.4 cm³/mol. The summed E-state index contributed by atoms with van der Waals surface area (Å²) in [4.78, 5) is 4.27. The number of nitrogens with one attached hydrogen (secondary N) is 1. The molecule has 1 aromatic carbocycles. The molecule has 2 aromatic rings. The van der Waals surface area contributed by atoms with Gasteiger partial charge in [0.25, 0.3) is 0 Å². The van der Waals surface area contributed by atoms with Gasteiger partial charge in [-0.1, -0.05) is 22.9 Å². The topological polar surface area (TPSA) is 24.9 Å². The Bertz CT molecular complexity index is 572. The van der Waals surface area contributed by atoms with Crippen molar-refractivity contribution in [3.8, 4) is 0 Å². The van der Waals surface area contributed by atoms with Crippen LogP contribution in [0.3, 0.4) is 0 Å². The summed E-state index contributed by atoms with van der Waals surface area (Å²) >= 11 is 5.95. The molecule has 1 heterocycles. The quantitative estimate of drug-likeness (QED) is 0.724. The number of nitrogens with zero attached hydrogens (tertiary/aromatic N) is 1. The number of pyridine rings is 1. The van der Waals surface area contributed by atoms with Gasteiger partial charge in [0.2, 0.25) is 0 Å². The highest BCUT2D eigenvalue weighted by atomic mass is 127. The number of rotatable bonds is 4. The Morgan fingerprint density at radius 2 is 2.11 bits per heavy atom. The van der Waals surface area contributed by atoms with Crippen LogP contribution < -0.4 is 5.32 Å². The third kappa shape index (κ3) is 3.55. The Labute approximate surface area is 136 Å². The van der Waals surface area contributed by atoms with Crippen molar-refractivity contribution in [3.63, 3.8) is 0 Å². The Kier molecular flexibility index (Phi) is 5.36. The van der Waals surface area contributed by atoms with Gasteiger partial charge in [-0.25, -0.2) is 0 Å². The van der Waals surface area contributed by atoms with Crippen molar-refractivity contribution in [2.45, 2.75) is 19.9 Å². The van der Waals surface area contributed by atoms with Gasteiger partial charge in [-0.3, -0.25) is 4.98 Å². The molecule has 2 rings (SSSR count). The highest BCUT2D eigenvalue weighted by molar-refractivity contribution is 14.1. The molecular formula is C15H16BrIN2. The zero-order chi connectivity index (χ0) is 13.8. The first-order valence-corrected chi connectivity index (χ1v) is 8.09. The van der Waals surface area contributed by atoms with Crippen LogP contribution in [0.5, 0.6) is 0 Å². The van der Waals surface area contributed by atoms with Gasteiger partial charge in [0.15, 0.2) is 0 Å². The molecule has 1 atom stereocenters. The van der Waals surface area contributed by atoms with E-state index >= 15 is 0 Å². The molecule has 1 aromatic heterocycles. The van der Waals surface area contributed by atoms with Gasteiger partial charge < -0.3 is 5.32 Å². The molecule has 0 saturated carbocycles. The van der Waals surface area contributed by atoms with Crippen molar-refractivity contribution < 1.29 is 0 Å². The first kappa shape index (κ1) is 14.9. The summed E-state index contributed by atoms with van der Waals surface area (Å²) in [5.74, 6) is 0. The van der Waals surface area contributed by atoms with E-state index in [0.29, 0.717) is 0 Å². The summed E-state index contributed by atoms with van der Waals surface area (Å²) in [5, 5.41) is 3.56. The fourth-order valence-electron chi connectivity index (χ4n) is 2.11. The van der Waals surface area contributed by atoms with Crippen molar-refractivity contribution in [2.24, 2.45) is 0 Å². The molecule has 100 valence electrons. The fraction of sp³-hybridized carbons (Fsp3) is 0.267. The molecule has 19 heavy (non-hydrogen) atoms. The monoisotopic (exact) mass is 430 g/mol. The van der Waals surface area contributed by atoms with Gasteiger partial charge in [-0.2, -0.15) is 0 Å². The molecule has 0 aliphatic heterocycles. The second kappa shape index (κ2) is 6.81. The smallest absolute Gasteiger partial charge is 0.0605 e. The number of hydrogen-bond acceptors (Lipinski definition) is 2. The Morgan fingerprint density at radius 1 is 1.32 bits per heavy atom. The highest BCUT2D eigenvalue weighted by Gasteiger charge is 2.18. The van der Waals surface area contributed by atoms with Crippen LogP contribution in [0.1, 0.15) is 29.7 Å². The van der Waals surface area contributed by atoms with E-state index in [1.165, 1.54) is 20.3 Å². The summed E-state index contributed by atoms with van der Waals surface area (Å²) in [7, 11) is 0. The van der Waals surface area contributed by atoms with Crippen LogP contribution in [0.2, 0.25) is 0 Å². The van der Waals surface area contributed by atoms with E-state index in [1.807, 2.05) is 12.4 Å². The summed E-state index contributed by atoms with van der Waals surface area (Å²) in [6.07, 6.45) is 3.80. The first-order valence-electron chi connectivity index (χ1n) is 6.22. The molecule has 0 amide bonds. The third-order valence-corrected chi connectivity index (χ3v) is 4.54. The predicted octanol–water partition coefficient (Wildman–Crippen LogP) is 4.46. The van der Waals surface area contributed by atoms with E-state index in [0.717, 1.165) is 11.0 Å². The number of halogens is 2. The minimum Gasteiger partial charge on any atom is -0.306 e. The Balaban J connectivity index is 2.51. The lowest BCUT2D eigenvalue weighted by Gasteiger charge is -2.22.